The number of non-ortho nitro benzene ring substituents is 1. The van der Waals surface area contributed by atoms with Crippen molar-refractivity contribution in [2.75, 3.05) is 27.2 Å². The average Bonchev–Trinajstić information content (AvgIpc) is 2.34. The summed E-state index contributed by atoms with van der Waals surface area (Å²) in [6.07, 6.45) is 0.867. The first-order valence-electron chi connectivity index (χ1n) is 5.68. The molecule has 0 heterocycles. The Bertz CT molecular complexity index is 421. The lowest BCUT2D eigenvalue weighted by molar-refractivity contribution is -0.384. The van der Waals surface area contributed by atoms with Crippen LogP contribution < -0.4 is 5.32 Å². The van der Waals surface area contributed by atoms with Gasteiger partial charge < -0.3 is 10.2 Å². The van der Waals surface area contributed by atoms with E-state index in [9.17, 15) is 14.9 Å². The smallest absolute Gasteiger partial charge is 0.269 e. The summed E-state index contributed by atoms with van der Waals surface area (Å²) in [5.74, 6) is -0.205. The molecule has 0 bridgehead atoms. The zero-order chi connectivity index (χ0) is 13.5. The summed E-state index contributed by atoms with van der Waals surface area (Å²) >= 11 is 0. The average molecular weight is 288 g/mol. The number of nitrogens with one attached hydrogen (secondary N) is 1. The molecule has 106 valence electrons. The molecule has 1 rings (SSSR count). The fourth-order valence-electron chi connectivity index (χ4n) is 1.43. The minimum absolute atomic E-state index is 0. The number of nitro benzene ring substituents is 1. The molecule has 0 spiro atoms. The highest BCUT2D eigenvalue weighted by molar-refractivity contribution is 5.94. The van der Waals surface area contributed by atoms with Crippen LogP contribution in [-0.4, -0.2) is 42.9 Å². The van der Waals surface area contributed by atoms with Gasteiger partial charge in [-0.25, -0.2) is 0 Å². The summed E-state index contributed by atoms with van der Waals surface area (Å²) < 4.78 is 0. The van der Waals surface area contributed by atoms with Gasteiger partial charge in [0.1, 0.15) is 0 Å². The van der Waals surface area contributed by atoms with Crippen molar-refractivity contribution in [2.24, 2.45) is 0 Å². The van der Waals surface area contributed by atoms with Crippen molar-refractivity contribution in [3.63, 3.8) is 0 Å². The quantitative estimate of drug-likeness (QED) is 0.491. The number of hydrogen-bond acceptors (Lipinski definition) is 4. The van der Waals surface area contributed by atoms with Crippen molar-refractivity contribution in [1.29, 1.82) is 0 Å². The normalized spacial score (nSPS) is 9.84. The summed E-state index contributed by atoms with van der Waals surface area (Å²) in [7, 11) is 3.94. The molecule has 1 aromatic rings. The molecule has 0 aliphatic carbocycles. The summed E-state index contributed by atoms with van der Waals surface area (Å²) in [6, 6.07) is 5.57. The fourth-order valence-corrected chi connectivity index (χ4v) is 1.43. The Balaban J connectivity index is 0.00000324. The zero-order valence-electron chi connectivity index (χ0n) is 11.0. The Morgan fingerprint density at radius 3 is 2.37 bits per heavy atom. The minimum Gasteiger partial charge on any atom is -0.352 e. The topological polar surface area (TPSA) is 75.5 Å². The van der Waals surface area contributed by atoms with E-state index in [2.05, 4.69) is 5.32 Å². The van der Waals surface area contributed by atoms with Crippen molar-refractivity contribution in [3.8, 4) is 0 Å². The van der Waals surface area contributed by atoms with Gasteiger partial charge in [-0.05, 0) is 39.2 Å². The number of benzene rings is 1. The summed E-state index contributed by atoms with van der Waals surface area (Å²) in [5, 5.41) is 13.2. The van der Waals surface area contributed by atoms with E-state index < -0.39 is 4.92 Å². The van der Waals surface area contributed by atoms with Gasteiger partial charge in [-0.3, -0.25) is 14.9 Å². The maximum absolute atomic E-state index is 11.7. The molecular formula is C12H18ClN3O3. The van der Waals surface area contributed by atoms with Crippen molar-refractivity contribution < 1.29 is 9.72 Å². The number of carbonyl (C=O) groups excluding carboxylic acids is 1. The van der Waals surface area contributed by atoms with Crippen molar-refractivity contribution in [3.05, 3.63) is 39.9 Å². The third-order valence-electron chi connectivity index (χ3n) is 2.41. The van der Waals surface area contributed by atoms with Crippen LogP contribution in [0.25, 0.3) is 0 Å². The van der Waals surface area contributed by atoms with Crippen LogP contribution in [0.3, 0.4) is 0 Å². The molecule has 0 aromatic heterocycles. The van der Waals surface area contributed by atoms with E-state index in [-0.39, 0.29) is 24.0 Å². The summed E-state index contributed by atoms with van der Waals surface area (Å²) in [4.78, 5) is 23.7. The Morgan fingerprint density at radius 1 is 1.32 bits per heavy atom. The number of hydrogen-bond donors (Lipinski definition) is 1. The van der Waals surface area contributed by atoms with E-state index in [0.717, 1.165) is 13.0 Å². The van der Waals surface area contributed by atoms with Crippen molar-refractivity contribution >= 4 is 24.0 Å². The van der Waals surface area contributed by atoms with E-state index in [4.69, 9.17) is 0 Å². The Hall–Kier alpha value is -1.66. The molecule has 0 unspecified atom stereocenters. The van der Waals surface area contributed by atoms with Gasteiger partial charge in [-0.15, -0.1) is 12.4 Å². The maximum Gasteiger partial charge on any atom is 0.269 e. The largest absolute Gasteiger partial charge is 0.352 e. The number of carbonyl (C=O) groups is 1. The first-order chi connectivity index (χ1) is 8.50. The van der Waals surface area contributed by atoms with Crippen molar-refractivity contribution in [1.82, 2.24) is 10.2 Å². The first-order valence-corrected chi connectivity index (χ1v) is 5.68. The predicted molar refractivity (Wildman–Crippen MR) is 75.8 cm³/mol. The minimum atomic E-state index is -0.487. The molecule has 1 N–H and O–H groups in total. The molecule has 0 fully saturated rings. The first kappa shape index (κ1) is 17.3. The molecule has 6 nitrogen and oxygen atoms in total. The van der Waals surface area contributed by atoms with Crippen LogP contribution in [-0.2, 0) is 0 Å². The molecule has 1 amide bonds. The lowest BCUT2D eigenvalue weighted by Gasteiger charge is -2.09. The van der Waals surface area contributed by atoms with Crippen LogP contribution in [0, 0.1) is 10.1 Å². The molecular weight excluding hydrogens is 270 g/mol. The monoisotopic (exact) mass is 287 g/mol. The second-order valence-corrected chi connectivity index (χ2v) is 4.22. The highest BCUT2D eigenvalue weighted by Crippen LogP contribution is 2.11. The van der Waals surface area contributed by atoms with Crippen LogP contribution in [0.4, 0.5) is 5.69 Å². The fraction of sp³-hybridized carbons (Fsp3) is 0.417. The van der Waals surface area contributed by atoms with Gasteiger partial charge in [0.05, 0.1) is 4.92 Å². The maximum atomic E-state index is 11.7. The van der Waals surface area contributed by atoms with Gasteiger partial charge in [0.2, 0.25) is 0 Å². The molecule has 19 heavy (non-hydrogen) atoms. The summed E-state index contributed by atoms with van der Waals surface area (Å²) in [5.41, 5.74) is 0.421. The Morgan fingerprint density at radius 2 is 1.89 bits per heavy atom. The standard InChI is InChI=1S/C12H17N3O3.ClH/c1-14(2)9-3-8-13-12(16)10-4-6-11(7-5-10)15(17)18;/h4-7H,3,8-9H2,1-2H3,(H,13,16);1H. The molecule has 0 saturated carbocycles. The van der Waals surface area contributed by atoms with Crippen molar-refractivity contribution in [2.45, 2.75) is 6.42 Å². The van der Waals surface area contributed by atoms with Crippen LogP contribution in [0.1, 0.15) is 16.8 Å². The number of amides is 1. The molecule has 7 heteroatoms. The molecule has 1 aromatic carbocycles. The van der Waals surface area contributed by atoms with Gasteiger partial charge in [0.15, 0.2) is 0 Å². The van der Waals surface area contributed by atoms with Crippen LogP contribution >= 0.6 is 12.4 Å². The molecule has 0 saturated heterocycles. The van der Waals surface area contributed by atoms with E-state index in [1.165, 1.54) is 24.3 Å². The van der Waals surface area contributed by atoms with E-state index >= 15 is 0 Å². The molecule has 0 radical (unpaired) electrons. The number of nitro groups is 1. The van der Waals surface area contributed by atoms with Gasteiger partial charge in [0, 0.05) is 24.2 Å². The second kappa shape index (κ2) is 8.44. The Labute approximate surface area is 118 Å². The highest BCUT2D eigenvalue weighted by atomic mass is 35.5. The number of rotatable bonds is 6. The highest BCUT2D eigenvalue weighted by Gasteiger charge is 2.08. The lowest BCUT2D eigenvalue weighted by Crippen LogP contribution is -2.27. The van der Waals surface area contributed by atoms with Crippen LogP contribution in [0.5, 0.6) is 0 Å². The zero-order valence-corrected chi connectivity index (χ0v) is 11.8. The van der Waals surface area contributed by atoms with Crippen LogP contribution in [0.2, 0.25) is 0 Å². The van der Waals surface area contributed by atoms with Crippen LogP contribution in [0.15, 0.2) is 24.3 Å². The molecule has 0 atom stereocenters. The lowest BCUT2D eigenvalue weighted by atomic mass is 10.2. The number of halogens is 1. The third kappa shape index (κ3) is 6.17. The van der Waals surface area contributed by atoms with E-state index in [1.807, 2.05) is 19.0 Å². The summed E-state index contributed by atoms with van der Waals surface area (Å²) in [6.45, 7) is 1.49. The van der Waals surface area contributed by atoms with Gasteiger partial charge in [-0.2, -0.15) is 0 Å². The predicted octanol–water partition coefficient (Wildman–Crippen LogP) is 1.70. The molecule has 0 aliphatic heterocycles. The SMILES string of the molecule is CN(C)CCCNC(=O)c1ccc([N+](=O)[O-])cc1.Cl. The third-order valence-corrected chi connectivity index (χ3v) is 2.41. The van der Waals surface area contributed by atoms with E-state index in [0.29, 0.717) is 12.1 Å². The number of nitrogens with zero attached hydrogens (tertiary/aromatic N) is 2. The van der Waals surface area contributed by atoms with Gasteiger partial charge >= 0.3 is 0 Å². The second-order valence-electron chi connectivity index (χ2n) is 4.22. The van der Waals surface area contributed by atoms with Gasteiger partial charge in [0.25, 0.3) is 11.6 Å². The van der Waals surface area contributed by atoms with Gasteiger partial charge in [-0.1, -0.05) is 0 Å². The van der Waals surface area contributed by atoms with E-state index in [1.54, 1.807) is 0 Å². The Kier molecular flexibility index (Phi) is 7.71. The molecule has 0 aliphatic rings.